The quantitative estimate of drug-likeness (QED) is 0.222. The highest BCUT2D eigenvalue weighted by Gasteiger charge is 2.87. The van der Waals surface area contributed by atoms with Crippen LogP contribution in [0.1, 0.15) is 95.1 Å². The summed E-state index contributed by atoms with van der Waals surface area (Å²) in [6.45, 7) is 18.0. The summed E-state index contributed by atoms with van der Waals surface area (Å²) in [5.74, 6) is -6.82. The molecule has 0 aliphatic carbocycles. The minimum atomic E-state index is -3.44. The van der Waals surface area contributed by atoms with Gasteiger partial charge in [0.2, 0.25) is 23.1 Å². The summed E-state index contributed by atoms with van der Waals surface area (Å²) in [5, 5.41) is 12.9. The average Bonchev–Trinajstić information content (AvgIpc) is 3.13. The minimum Gasteiger partial charge on any atom is -0.458 e. The zero-order valence-electron chi connectivity index (χ0n) is 30.4. The van der Waals surface area contributed by atoms with E-state index in [1.54, 1.807) is 51.1 Å². The van der Waals surface area contributed by atoms with Crippen molar-refractivity contribution in [3.05, 3.63) is 35.9 Å². The van der Waals surface area contributed by atoms with E-state index in [1.807, 2.05) is 0 Å². The van der Waals surface area contributed by atoms with Gasteiger partial charge in [0.1, 0.15) is 34.8 Å². The maximum Gasteiger partial charge on any atom is 0.509 e. The first-order valence-corrected chi connectivity index (χ1v) is 16.0. The lowest BCUT2D eigenvalue weighted by atomic mass is 9.74. The molecule has 274 valence electrons. The molecule has 2 aliphatic rings. The highest BCUT2D eigenvalue weighted by Crippen LogP contribution is 2.57. The van der Waals surface area contributed by atoms with E-state index >= 15 is 0 Å². The number of aldehydes is 1. The largest absolute Gasteiger partial charge is 0.509 e. The van der Waals surface area contributed by atoms with Gasteiger partial charge in [-0.15, -0.1) is 0 Å². The van der Waals surface area contributed by atoms with Crippen LogP contribution in [0.25, 0.3) is 0 Å². The lowest BCUT2D eigenvalue weighted by molar-refractivity contribution is -0.375. The number of ether oxygens (including phenoxy) is 8. The molecule has 1 aromatic carbocycles. The van der Waals surface area contributed by atoms with Crippen molar-refractivity contribution in [3.63, 3.8) is 0 Å². The first kappa shape index (κ1) is 39.8. The van der Waals surface area contributed by atoms with Crippen LogP contribution in [0.4, 0.5) is 4.79 Å². The van der Waals surface area contributed by atoms with Crippen molar-refractivity contribution >= 4 is 30.3 Å². The van der Waals surface area contributed by atoms with Gasteiger partial charge >= 0.3 is 24.1 Å². The van der Waals surface area contributed by atoms with Crippen LogP contribution in [0.5, 0.6) is 0 Å². The number of carbonyl (C=O) groups excluding carboxylic acids is 5. The standard InChI is InChI=1S/C35H50O14/c1-29(2,3)45-25(37)24-34(41,26(38)46-30(4,5)6)35(27(39)47-31(7,8)9)23(42-20-21-16-14-13-15-17-21)22(33(44-24,49-35)18-19-36)43-28(40)48-32(10,11)12/h13-17,19,22-24,41H,18,20H2,1-12H3/t22-,23-,24-,33+,34+,35+/m1/s1. The van der Waals surface area contributed by atoms with Crippen LogP contribution in [0.15, 0.2) is 30.3 Å². The van der Waals surface area contributed by atoms with E-state index in [4.69, 9.17) is 37.9 Å². The van der Waals surface area contributed by atoms with E-state index in [2.05, 4.69) is 0 Å². The van der Waals surface area contributed by atoms with E-state index in [9.17, 15) is 29.1 Å². The van der Waals surface area contributed by atoms with E-state index in [-0.39, 0.29) is 6.61 Å². The van der Waals surface area contributed by atoms with Gasteiger partial charge in [0, 0.05) is 0 Å². The van der Waals surface area contributed by atoms with Crippen molar-refractivity contribution in [2.45, 2.75) is 154 Å². The van der Waals surface area contributed by atoms with Gasteiger partial charge in [-0.05, 0) is 88.6 Å². The fourth-order valence-electron chi connectivity index (χ4n) is 5.37. The van der Waals surface area contributed by atoms with Crippen LogP contribution in [0, 0.1) is 0 Å². The summed E-state index contributed by atoms with van der Waals surface area (Å²) in [4.78, 5) is 68.7. The lowest BCUT2D eigenvalue weighted by Crippen LogP contribution is -2.79. The fourth-order valence-corrected chi connectivity index (χ4v) is 5.37. The molecule has 2 fully saturated rings. The molecule has 14 heteroatoms. The fraction of sp³-hybridized carbons (Fsp3) is 0.686. The summed E-state index contributed by atoms with van der Waals surface area (Å²) >= 11 is 0. The van der Waals surface area contributed by atoms with Gasteiger partial charge in [-0.1, -0.05) is 30.3 Å². The Hall–Kier alpha value is -3.59. The topological polar surface area (TPSA) is 179 Å². The van der Waals surface area contributed by atoms with Crippen LogP contribution in [0.3, 0.4) is 0 Å². The molecule has 1 aromatic rings. The predicted molar refractivity (Wildman–Crippen MR) is 171 cm³/mol. The van der Waals surface area contributed by atoms with E-state index in [0.717, 1.165) is 0 Å². The third-order valence-corrected chi connectivity index (χ3v) is 6.99. The number of fused-ring (bicyclic) bond motifs is 2. The Balaban J connectivity index is 2.46. The van der Waals surface area contributed by atoms with Crippen molar-refractivity contribution in [3.8, 4) is 0 Å². The molecule has 6 atom stereocenters. The number of hydrogen-bond donors (Lipinski definition) is 1. The normalized spacial score (nSPS) is 28.6. The van der Waals surface area contributed by atoms with E-state index in [0.29, 0.717) is 11.8 Å². The number of rotatable bonds is 9. The third kappa shape index (κ3) is 8.77. The molecule has 0 radical (unpaired) electrons. The Morgan fingerprint density at radius 1 is 0.755 bits per heavy atom. The van der Waals surface area contributed by atoms with Gasteiger partial charge in [-0.25, -0.2) is 19.2 Å². The summed E-state index contributed by atoms with van der Waals surface area (Å²) in [7, 11) is 0. The number of hydrogen-bond acceptors (Lipinski definition) is 14. The summed E-state index contributed by atoms with van der Waals surface area (Å²) < 4.78 is 46.7. The first-order chi connectivity index (χ1) is 22.2. The molecule has 0 unspecified atom stereocenters. The highest BCUT2D eigenvalue weighted by atomic mass is 16.8. The van der Waals surface area contributed by atoms with Crippen LogP contribution >= 0.6 is 0 Å². The van der Waals surface area contributed by atoms with Crippen LogP contribution in [-0.4, -0.2) is 93.2 Å². The predicted octanol–water partition coefficient (Wildman–Crippen LogP) is 4.10. The SMILES string of the molecule is CC(C)(C)OC(=O)O[C@@H]1[C@@H](OCc2ccccc2)[C@@]2(C(=O)OC(C)(C)C)O[C@]1(CC=O)O[C@H](C(=O)OC(C)(C)C)[C@]2(O)C(=O)OC(C)(C)C. The molecular weight excluding hydrogens is 644 g/mol. The molecule has 0 amide bonds. The van der Waals surface area contributed by atoms with Crippen molar-refractivity contribution in [1.82, 2.24) is 0 Å². The molecule has 1 N–H and O–H groups in total. The molecule has 2 saturated heterocycles. The smallest absolute Gasteiger partial charge is 0.458 e. The molecule has 0 aromatic heterocycles. The van der Waals surface area contributed by atoms with E-state index < -0.39 is 88.2 Å². The Morgan fingerprint density at radius 3 is 1.76 bits per heavy atom. The Kier molecular flexibility index (Phi) is 11.1. The third-order valence-electron chi connectivity index (χ3n) is 6.99. The van der Waals surface area contributed by atoms with Gasteiger partial charge in [0.25, 0.3) is 0 Å². The molecular formula is C35H50O14. The zero-order valence-corrected chi connectivity index (χ0v) is 30.4. The Labute approximate surface area is 287 Å². The summed E-state index contributed by atoms with van der Waals surface area (Å²) in [5.41, 5.74) is -10.9. The van der Waals surface area contributed by atoms with Crippen molar-refractivity contribution in [2.24, 2.45) is 0 Å². The minimum absolute atomic E-state index is 0.313. The maximum atomic E-state index is 14.7. The van der Waals surface area contributed by atoms with Gasteiger partial charge in [-0.2, -0.15) is 0 Å². The molecule has 14 nitrogen and oxygen atoms in total. The van der Waals surface area contributed by atoms with Gasteiger partial charge in [-0.3, -0.25) is 0 Å². The monoisotopic (exact) mass is 694 g/mol. The second-order valence-electron chi connectivity index (χ2n) is 16.0. The van der Waals surface area contributed by atoms with Gasteiger partial charge in [0.15, 0.2) is 6.10 Å². The summed E-state index contributed by atoms with van der Waals surface area (Å²) in [6, 6.07) is 8.56. The second kappa shape index (κ2) is 13.6. The molecule has 2 heterocycles. The molecule has 3 rings (SSSR count). The Bertz CT molecular complexity index is 1400. The Morgan fingerprint density at radius 2 is 1.27 bits per heavy atom. The molecule has 2 aliphatic heterocycles. The second-order valence-corrected chi connectivity index (χ2v) is 16.0. The number of aliphatic hydroxyl groups is 1. The average molecular weight is 695 g/mol. The molecule has 0 spiro atoms. The molecule has 2 bridgehead atoms. The number of esters is 3. The van der Waals surface area contributed by atoms with Crippen molar-refractivity contribution in [2.75, 3.05) is 0 Å². The van der Waals surface area contributed by atoms with Gasteiger partial charge < -0.3 is 47.8 Å². The van der Waals surface area contributed by atoms with Crippen LogP contribution in [-0.2, 0) is 63.7 Å². The highest BCUT2D eigenvalue weighted by molar-refractivity contribution is 6.00. The van der Waals surface area contributed by atoms with Crippen LogP contribution in [0.2, 0.25) is 0 Å². The van der Waals surface area contributed by atoms with Crippen LogP contribution < -0.4 is 0 Å². The molecule has 0 saturated carbocycles. The van der Waals surface area contributed by atoms with Gasteiger partial charge in [0.05, 0.1) is 13.0 Å². The zero-order chi connectivity index (χ0) is 37.4. The van der Waals surface area contributed by atoms with E-state index in [1.165, 1.54) is 62.3 Å². The van der Waals surface area contributed by atoms with Crippen molar-refractivity contribution in [1.29, 1.82) is 0 Å². The summed E-state index contributed by atoms with van der Waals surface area (Å²) in [6.07, 6.45) is -8.12. The maximum absolute atomic E-state index is 14.7. The lowest BCUT2D eigenvalue weighted by Gasteiger charge is -2.51. The molecule has 49 heavy (non-hydrogen) atoms. The number of benzene rings is 1. The number of carbonyl (C=O) groups is 5. The van der Waals surface area contributed by atoms with Crippen molar-refractivity contribution < 1.29 is 67.0 Å². The first-order valence-electron chi connectivity index (χ1n) is 16.0.